The van der Waals surface area contributed by atoms with Gasteiger partial charge in [-0.05, 0) is 130 Å². The van der Waals surface area contributed by atoms with Crippen LogP contribution in [0.3, 0.4) is 0 Å². The molecule has 4 N–H and O–H groups in total. The highest BCUT2D eigenvalue weighted by Gasteiger charge is 2.45. The molecular formula is C59H65F2N15O4S. The monoisotopic (exact) mass is 1120 g/mol. The number of imidazole rings is 2. The predicted molar refractivity (Wildman–Crippen MR) is 303 cm³/mol. The number of nitrogens with zero attached hydrogens (tertiary/aromatic N) is 13. The number of halogens is 2. The van der Waals surface area contributed by atoms with Crippen molar-refractivity contribution in [3.05, 3.63) is 132 Å². The number of hydrogen-bond donors (Lipinski definition) is 2. The fourth-order valence-corrected chi connectivity index (χ4v) is 13.8. The Morgan fingerprint density at radius 3 is 1.91 bits per heavy atom. The first-order chi connectivity index (χ1) is 39.1. The van der Waals surface area contributed by atoms with Crippen LogP contribution in [0.25, 0.3) is 45.1 Å². The number of carbonyl (C=O) groups is 2. The lowest BCUT2D eigenvalue weighted by molar-refractivity contribution is -0.149. The third kappa shape index (κ3) is 11.2. The summed E-state index contributed by atoms with van der Waals surface area (Å²) in [5, 5.41) is 0. The molecule has 2 aromatic carbocycles. The van der Waals surface area contributed by atoms with E-state index in [0.717, 1.165) is 49.1 Å². The molecule has 0 saturated carbocycles. The Balaban J connectivity index is 0.715. The number of aromatic nitrogens is 9. The lowest BCUT2D eigenvalue weighted by Crippen LogP contribution is -2.53. The summed E-state index contributed by atoms with van der Waals surface area (Å²) in [5.74, 6) is 0.765. The SMILES string of the molecule is Cc1cc2nc(-c3ccc(CS(=O)(=O)c4ccc5c(c4)nc(-c4ccccn4)n5C4CCN(C(=O)C5CCN(Cc6cnc(N)nc6)CC5)CC4)cn3)n(C3CCN(C(=O)C4(F)CCN(Cc5ccnc(N)c5)CC4)CC3)c2cc1F. The third-order valence-electron chi connectivity index (χ3n) is 16.9. The highest BCUT2D eigenvalue weighted by Crippen LogP contribution is 2.38. The summed E-state index contributed by atoms with van der Waals surface area (Å²) in [6.45, 7) is 7.32. The maximum absolute atomic E-state index is 16.5. The van der Waals surface area contributed by atoms with E-state index in [1.54, 1.807) is 73.0 Å². The van der Waals surface area contributed by atoms with Crippen LogP contribution in [0.15, 0.2) is 109 Å². The molecule has 4 saturated heterocycles. The van der Waals surface area contributed by atoms with E-state index < -0.39 is 21.4 Å². The molecule has 0 radical (unpaired) electrons. The maximum atomic E-state index is 16.5. The van der Waals surface area contributed by atoms with E-state index in [9.17, 15) is 18.0 Å². The van der Waals surface area contributed by atoms with Crippen molar-refractivity contribution in [2.24, 2.45) is 5.92 Å². The Bertz CT molecular complexity index is 3720. The van der Waals surface area contributed by atoms with E-state index >= 15 is 8.78 Å². The van der Waals surface area contributed by atoms with Crippen LogP contribution in [-0.2, 0) is 38.3 Å². The Hall–Kier alpha value is -7.82. The van der Waals surface area contributed by atoms with E-state index in [1.807, 2.05) is 39.8 Å². The van der Waals surface area contributed by atoms with Crippen LogP contribution in [0.4, 0.5) is 20.5 Å². The molecule has 81 heavy (non-hydrogen) atoms. The van der Waals surface area contributed by atoms with Gasteiger partial charge in [0.25, 0.3) is 5.91 Å². The molecule has 4 aliphatic rings. The molecule has 8 aromatic rings. The minimum atomic E-state index is -3.91. The van der Waals surface area contributed by atoms with Crippen molar-refractivity contribution in [1.82, 2.24) is 63.6 Å². The molecule has 19 nitrogen and oxygen atoms in total. The normalized spacial score (nSPS) is 18.3. The van der Waals surface area contributed by atoms with Crippen molar-refractivity contribution in [3.8, 4) is 23.0 Å². The highest BCUT2D eigenvalue weighted by atomic mass is 32.2. The van der Waals surface area contributed by atoms with Crippen LogP contribution >= 0.6 is 0 Å². The van der Waals surface area contributed by atoms with Gasteiger partial charge >= 0.3 is 0 Å². The summed E-state index contributed by atoms with van der Waals surface area (Å²) >= 11 is 0. The molecule has 0 atom stereocenters. The van der Waals surface area contributed by atoms with E-state index in [1.165, 1.54) is 12.3 Å². The number of amides is 2. The van der Waals surface area contributed by atoms with Crippen LogP contribution in [0.2, 0.25) is 0 Å². The second-order valence-electron chi connectivity index (χ2n) is 22.3. The zero-order chi connectivity index (χ0) is 56.0. The molecule has 22 heteroatoms. The zero-order valence-electron chi connectivity index (χ0n) is 45.2. The molecule has 0 bridgehead atoms. The molecule has 6 aromatic heterocycles. The molecule has 0 spiro atoms. The summed E-state index contributed by atoms with van der Waals surface area (Å²) < 4.78 is 64.5. The summed E-state index contributed by atoms with van der Waals surface area (Å²) in [6, 6.07) is 20.8. The van der Waals surface area contributed by atoms with Gasteiger partial charge in [0.1, 0.15) is 23.0 Å². The maximum Gasteiger partial charge on any atom is 0.260 e. The number of carbonyl (C=O) groups excluding carboxylic acids is 2. The molecule has 10 heterocycles. The molecule has 2 amide bonds. The molecule has 0 unspecified atom stereocenters. The molecule has 0 aliphatic carbocycles. The minimum Gasteiger partial charge on any atom is -0.384 e. The fourth-order valence-electron chi connectivity index (χ4n) is 12.4. The zero-order valence-corrected chi connectivity index (χ0v) is 46.1. The van der Waals surface area contributed by atoms with Crippen LogP contribution in [0.1, 0.15) is 85.7 Å². The van der Waals surface area contributed by atoms with Crippen molar-refractivity contribution in [1.29, 1.82) is 0 Å². The van der Waals surface area contributed by atoms with Gasteiger partial charge in [-0.1, -0.05) is 12.1 Å². The van der Waals surface area contributed by atoms with E-state index in [4.69, 9.17) is 26.4 Å². The van der Waals surface area contributed by atoms with Gasteiger partial charge in [0, 0.05) is 126 Å². The van der Waals surface area contributed by atoms with Gasteiger partial charge in [-0.3, -0.25) is 29.4 Å². The number of benzene rings is 2. The van der Waals surface area contributed by atoms with Gasteiger partial charge in [-0.15, -0.1) is 0 Å². The van der Waals surface area contributed by atoms with E-state index in [0.29, 0.717) is 128 Å². The van der Waals surface area contributed by atoms with Crippen LogP contribution < -0.4 is 11.5 Å². The van der Waals surface area contributed by atoms with Crippen LogP contribution in [0.5, 0.6) is 0 Å². The lowest BCUT2D eigenvalue weighted by Gasteiger charge is -2.40. The number of fused-ring (bicyclic) bond motifs is 2. The Morgan fingerprint density at radius 2 is 1.26 bits per heavy atom. The number of piperidine rings is 4. The van der Waals surface area contributed by atoms with Gasteiger partial charge in [-0.2, -0.15) is 0 Å². The minimum absolute atomic E-state index is 0.00558. The first-order valence-electron chi connectivity index (χ1n) is 27.9. The summed E-state index contributed by atoms with van der Waals surface area (Å²) in [7, 11) is -3.91. The van der Waals surface area contributed by atoms with Crippen molar-refractivity contribution in [2.75, 3.05) is 63.8 Å². The standard InChI is InChI=1S/C59H65F2N15O4S/c1-38-28-49-52(31-46(38)60)76(44-14-24-74(25-15-44)57(78)59(61)16-26-72(27-17-59)35-39-9-19-65-53(62)29-39)55(69-49)48-7-5-40(32-66-48)37-81(79,80)45-6-8-51-50(30-45)70-54(47-4-2-3-18-64-47)75(51)43-12-22-73(23-13-43)56(77)42-10-20-71(21-11-42)36-41-33-67-58(63)68-34-41/h2-9,18-19,28-34,42-44H,10-17,20-27,35-37H2,1H3,(H2,62,65)(H2,63,67,68). The number of likely N-dealkylation sites (tertiary alicyclic amines) is 4. The van der Waals surface area contributed by atoms with Gasteiger partial charge < -0.3 is 30.4 Å². The Morgan fingerprint density at radius 1 is 0.630 bits per heavy atom. The second kappa shape index (κ2) is 22.3. The average Bonchev–Trinajstić information content (AvgIpc) is 4.24. The van der Waals surface area contributed by atoms with Gasteiger partial charge in [0.15, 0.2) is 27.2 Å². The van der Waals surface area contributed by atoms with Crippen molar-refractivity contribution in [3.63, 3.8) is 0 Å². The number of hydrogen-bond acceptors (Lipinski definition) is 15. The lowest BCUT2D eigenvalue weighted by atomic mass is 9.90. The Kier molecular flexibility index (Phi) is 14.8. The fraction of sp³-hybridized carbons (Fsp3) is 0.407. The first-order valence-corrected chi connectivity index (χ1v) is 29.6. The first kappa shape index (κ1) is 53.8. The smallest absolute Gasteiger partial charge is 0.260 e. The molecular weight excluding hydrogens is 1050 g/mol. The number of pyridine rings is 3. The summed E-state index contributed by atoms with van der Waals surface area (Å²) in [4.78, 5) is 67.6. The van der Waals surface area contributed by atoms with E-state index in [2.05, 4.69) is 34.3 Å². The van der Waals surface area contributed by atoms with Crippen LogP contribution in [-0.4, -0.2) is 142 Å². The average molecular weight is 1120 g/mol. The van der Waals surface area contributed by atoms with Crippen molar-refractivity contribution >= 4 is 55.5 Å². The number of anilines is 2. The van der Waals surface area contributed by atoms with Gasteiger partial charge in [0.2, 0.25) is 11.9 Å². The van der Waals surface area contributed by atoms with Crippen molar-refractivity contribution < 1.29 is 26.8 Å². The van der Waals surface area contributed by atoms with E-state index in [-0.39, 0.29) is 59.2 Å². The summed E-state index contributed by atoms with van der Waals surface area (Å²) in [6.07, 6.45) is 12.5. The summed E-state index contributed by atoms with van der Waals surface area (Å²) in [5.41, 5.74) is 16.0. The number of alkyl halides is 1. The topological polar surface area (TPSA) is 233 Å². The van der Waals surface area contributed by atoms with Crippen molar-refractivity contribution in [2.45, 2.75) is 99.8 Å². The molecule has 420 valence electrons. The third-order valence-corrected chi connectivity index (χ3v) is 18.6. The number of rotatable bonds is 13. The number of nitrogens with two attached hydrogens (primary N) is 2. The van der Waals surface area contributed by atoms with Gasteiger partial charge in [-0.25, -0.2) is 42.1 Å². The second-order valence-corrected chi connectivity index (χ2v) is 24.3. The predicted octanol–water partition coefficient (Wildman–Crippen LogP) is 7.52. The van der Waals surface area contributed by atoms with Gasteiger partial charge in [0.05, 0.1) is 32.7 Å². The quantitative estimate of drug-likeness (QED) is 0.114. The Labute approximate surface area is 468 Å². The molecule has 12 rings (SSSR count). The van der Waals surface area contributed by atoms with Crippen LogP contribution in [0, 0.1) is 18.7 Å². The largest absolute Gasteiger partial charge is 0.384 e. The highest BCUT2D eigenvalue weighted by molar-refractivity contribution is 7.90. The number of sulfone groups is 1. The molecule has 4 aliphatic heterocycles. The molecule has 4 fully saturated rings. The number of nitrogen functional groups attached to an aromatic ring is 2. The number of aryl methyl sites for hydroxylation is 1.